The number of aryl methyl sites for hydroxylation is 1. The van der Waals surface area contributed by atoms with Gasteiger partial charge in [-0.25, -0.2) is 17.6 Å². The average Bonchev–Trinajstić information content (AvgIpc) is 3.26. The molecule has 8 heteroatoms. The Morgan fingerprint density at radius 2 is 1.64 bits per heavy atom. The lowest BCUT2D eigenvalue weighted by Crippen LogP contribution is -2.41. The molecule has 3 aromatic rings. The van der Waals surface area contributed by atoms with Crippen molar-refractivity contribution in [3.63, 3.8) is 0 Å². The van der Waals surface area contributed by atoms with Gasteiger partial charge in [0.25, 0.3) is 10.0 Å². The topological polar surface area (TPSA) is 63.7 Å². The molecule has 1 heterocycles. The number of nitrogens with zero attached hydrogens (tertiary/aromatic N) is 1. The van der Waals surface area contributed by atoms with E-state index in [1.54, 1.807) is 61.5 Å². The molecule has 0 aromatic heterocycles. The Balaban J connectivity index is 1.95. The Kier molecular flexibility index (Phi) is 7.47. The molecule has 3 aromatic carbocycles. The molecular formula is C28H25BrFNO4S. The second-order valence-corrected chi connectivity index (χ2v) is 11.2. The third-order valence-electron chi connectivity index (χ3n) is 6.03. The normalized spacial score (nSPS) is 17.6. The highest BCUT2D eigenvalue weighted by Crippen LogP contribution is 2.45. The first-order valence-corrected chi connectivity index (χ1v) is 13.6. The Labute approximate surface area is 219 Å². The molecule has 2 atom stereocenters. The van der Waals surface area contributed by atoms with E-state index in [0.29, 0.717) is 16.8 Å². The van der Waals surface area contributed by atoms with Crippen molar-refractivity contribution in [2.45, 2.75) is 30.7 Å². The van der Waals surface area contributed by atoms with E-state index in [-0.39, 0.29) is 17.1 Å². The summed E-state index contributed by atoms with van der Waals surface area (Å²) >= 11 is 3.42. The summed E-state index contributed by atoms with van der Waals surface area (Å²) < 4.78 is 49.3. The fourth-order valence-corrected chi connectivity index (χ4v) is 6.20. The Morgan fingerprint density at radius 3 is 2.22 bits per heavy atom. The number of hydrogen-bond acceptors (Lipinski definition) is 4. The number of sulfonamides is 1. The maximum absolute atomic E-state index is 14.1. The van der Waals surface area contributed by atoms with Crippen LogP contribution in [0.4, 0.5) is 4.39 Å². The first-order valence-electron chi connectivity index (χ1n) is 11.3. The predicted octanol–water partition coefficient (Wildman–Crippen LogP) is 6.21. The van der Waals surface area contributed by atoms with Gasteiger partial charge in [-0.1, -0.05) is 64.5 Å². The summed E-state index contributed by atoms with van der Waals surface area (Å²) in [5.74, 6) is -1.72. The van der Waals surface area contributed by atoms with E-state index in [0.717, 1.165) is 10.0 Å². The zero-order chi connectivity index (χ0) is 26.0. The van der Waals surface area contributed by atoms with Crippen molar-refractivity contribution in [3.05, 3.63) is 118 Å². The van der Waals surface area contributed by atoms with Gasteiger partial charge in [-0.15, -0.1) is 0 Å². The van der Waals surface area contributed by atoms with E-state index >= 15 is 0 Å². The number of carbonyl (C=O) groups is 1. The monoisotopic (exact) mass is 569 g/mol. The van der Waals surface area contributed by atoms with Crippen LogP contribution in [0.5, 0.6) is 0 Å². The van der Waals surface area contributed by atoms with Gasteiger partial charge < -0.3 is 4.74 Å². The molecule has 0 radical (unpaired) electrons. The van der Waals surface area contributed by atoms with Crippen LogP contribution < -0.4 is 0 Å². The molecule has 0 saturated heterocycles. The molecule has 36 heavy (non-hydrogen) atoms. The molecule has 1 aliphatic rings. The van der Waals surface area contributed by atoms with Crippen molar-refractivity contribution in [1.82, 2.24) is 4.31 Å². The SMILES string of the molecule is C=C(C(=O)OCC)[C@@H]1[C@@H](c2ccc(F)cc2)C=C(c2ccc(Br)cc2)N1S(=O)(=O)c1ccc(C)cc1. The lowest BCUT2D eigenvalue weighted by atomic mass is 9.89. The van der Waals surface area contributed by atoms with E-state index in [1.807, 2.05) is 19.1 Å². The quantitative estimate of drug-likeness (QED) is 0.250. The van der Waals surface area contributed by atoms with Gasteiger partial charge in [0, 0.05) is 10.4 Å². The molecule has 0 saturated carbocycles. The number of halogens is 2. The first kappa shape index (κ1) is 25.9. The summed E-state index contributed by atoms with van der Waals surface area (Å²) in [4.78, 5) is 13.0. The summed E-state index contributed by atoms with van der Waals surface area (Å²) in [5.41, 5.74) is 2.58. The first-order chi connectivity index (χ1) is 17.1. The lowest BCUT2D eigenvalue weighted by Gasteiger charge is -2.32. The minimum absolute atomic E-state index is 0.00905. The zero-order valence-corrected chi connectivity index (χ0v) is 22.2. The van der Waals surface area contributed by atoms with Gasteiger partial charge in [0.15, 0.2) is 0 Å². The Morgan fingerprint density at radius 1 is 1.03 bits per heavy atom. The third-order valence-corrected chi connectivity index (χ3v) is 8.37. The van der Waals surface area contributed by atoms with Crippen LogP contribution in [-0.4, -0.2) is 31.3 Å². The molecule has 0 bridgehead atoms. The van der Waals surface area contributed by atoms with Crippen LogP contribution in [0.2, 0.25) is 0 Å². The minimum atomic E-state index is -4.14. The van der Waals surface area contributed by atoms with Gasteiger partial charge in [0.05, 0.1) is 28.8 Å². The highest BCUT2D eigenvalue weighted by atomic mass is 79.9. The lowest BCUT2D eigenvalue weighted by molar-refractivity contribution is -0.139. The molecule has 1 aliphatic heterocycles. The molecule has 0 aliphatic carbocycles. The molecular weight excluding hydrogens is 545 g/mol. The van der Waals surface area contributed by atoms with Gasteiger partial charge in [0.1, 0.15) is 5.82 Å². The molecule has 0 fully saturated rings. The van der Waals surface area contributed by atoms with Crippen molar-refractivity contribution >= 4 is 37.6 Å². The van der Waals surface area contributed by atoms with E-state index < -0.39 is 33.8 Å². The highest BCUT2D eigenvalue weighted by molar-refractivity contribution is 9.10. The van der Waals surface area contributed by atoms with E-state index in [2.05, 4.69) is 22.5 Å². The van der Waals surface area contributed by atoms with Crippen LogP contribution >= 0.6 is 15.9 Å². The van der Waals surface area contributed by atoms with Gasteiger partial charge in [-0.05, 0) is 67.4 Å². The van der Waals surface area contributed by atoms with Crippen molar-refractivity contribution in [1.29, 1.82) is 0 Å². The van der Waals surface area contributed by atoms with Crippen LogP contribution in [0.25, 0.3) is 5.70 Å². The number of carbonyl (C=O) groups excluding carboxylic acids is 1. The van der Waals surface area contributed by atoms with E-state index in [1.165, 1.54) is 16.4 Å². The second-order valence-electron chi connectivity index (χ2n) is 8.44. The smallest absolute Gasteiger partial charge is 0.335 e. The maximum Gasteiger partial charge on any atom is 0.335 e. The summed E-state index contributed by atoms with van der Waals surface area (Å²) in [6.07, 6.45) is 1.79. The van der Waals surface area contributed by atoms with Crippen LogP contribution in [0.1, 0.15) is 29.5 Å². The number of esters is 1. The average molecular weight is 570 g/mol. The summed E-state index contributed by atoms with van der Waals surface area (Å²) in [7, 11) is -4.14. The molecule has 4 rings (SSSR count). The zero-order valence-electron chi connectivity index (χ0n) is 19.8. The standard InChI is InChI=1S/C28H25BrFNO4S/c1-4-35-28(32)19(3)27-25(20-9-13-23(30)14-10-20)17-26(21-7-11-22(29)12-8-21)31(27)36(33,34)24-15-5-18(2)6-16-24/h5-17,25,27H,3-4H2,1-2H3/t25-,27-/m1/s1. The molecule has 0 amide bonds. The van der Waals surface area contributed by atoms with Crippen molar-refractivity contribution in [2.24, 2.45) is 0 Å². The minimum Gasteiger partial charge on any atom is -0.463 e. The molecule has 0 unspecified atom stereocenters. The number of ether oxygens (including phenoxy) is 1. The summed E-state index contributed by atoms with van der Waals surface area (Å²) in [6.45, 7) is 7.62. The van der Waals surface area contributed by atoms with Crippen LogP contribution in [0.3, 0.4) is 0 Å². The van der Waals surface area contributed by atoms with E-state index in [4.69, 9.17) is 4.74 Å². The fourth-order valence-electron chi connectivity index (χ4n) is 4.24. The molecule has 0 N–H and O–H groups in total. The van der Waals surface area contributed by atoms with Crippen LogP contribution in [0, 0.1) is 12.7 Å². The van der Waals surface area contributed by atoms with Gasteiger partial charge in [-0.3, -0.25) is 4.31 Å². The van der Waals surface area contributed by atoms with Gasteiger partial charge in [0.2, 0.25) is 0 Å². The van der Waals surface area contributed by atoms with Crippen LogP contribution in [0.15, 0.2) is 100 Å². The predicted molar refractivity (Wildman–Crippen MR) is 141 cm³/mol. The number of rotatable bonds is 7. The molecule has 0 spiro atoms. The maximum atomic E-state index is 14.1. The van der Waals surface area contributed by atoms with Crippen molar-refractivity contribution < 1.29 is 22.3 Å². The largest absolute Gasteiger partial charge is 0.463 e. The molecule has 5 nitrogen and oxygen atoms in total. The van der Waals surface area contributed by atoms with Crippen molar-refractivity contribution in [3.8, 4) is 0 Å². The Hall–Kier alpha value is -3.23. The van der Waals surface area contributed by atoms with Gasteiger partial charge >= 0.3 is 5.97 Å². The number of benzene rings is 3. The summed E-state index contributed by atoms with van der Waals surface area (Å²) in [6, 6.07) is 18.5. The second kappa shape index (κ2) is 10.4. The van der Waals surface area contributed by atoms with Crippen LogP contribution in [-0.2, 0) is 19.6 Å². The van der Waals surface area contributed by atoms with Gasteiger partial charge in [-0.2, -0.15) is 0 Å². The molecule has 186 valence electrons. The fraction of sp³-hybridized carbons (Fsp3) is 0.179. The number of hydrogen-bond donors (Lipinski definition) is 0. The third kappa shape index (κ3) is 5.01. The Bertz CT molecular complexity index is 1420. The van der Waals surface area contributed by atoms with E-state index in [9.17, 15) is 17.6 Å². The summed E-state index contributed by atoms with van der Waals surface area (Å²) in [5, 5.41) is 0. The van der Waals surface area contributed by atoms with Crippen molar-refractivity contribution in [2.75, 3.05) is 6.61 Å². The highest BCUT2D eigenvalue weighted by Gasteiger charge is 2.46.